The van der Waals surface area contributed by atoms with Crippen LogP contribution in [-0.4, -0.2) is 53.3 Å². The van der Waals surface area contributed by atoms with Gasteiger partial charge in [0.1, 0.15) is 11.7 Å². The second-order valence-electron chi connectivity index (χ2n) is 9.56. The summed E-state index contributed by atoms with van der Waals surface area (Å²) in [7, 11) is 0. The molecule has 2 aliphatic rings. The quantitative estimate of drug-likeness (QED) is 0.252. The summed E-state index contributed by atoms with van der Waals surface area (Å²) in [5, 5.41) is 10.4. The molecule has 2 unspecified atom stereocenters. The number of rotatable bonds is 16. The monoisotopic (exact) mass is 478 g/mol. The van der Waals surface area contributed by atoms with Crippen molar-refractivity contribution >= 4 is 17.7 Å². The summed E-state index contributed by atoms with van der Waals surface area (Å²) >= 11 is 0. The molecule has 3 atom stereocenters. The van der Waals surface area contributed by atoms with Gasteiger partial charge in [-0.1, -0.05) is 51.9 Å². The maximum absolute atomic E-state index is 12.1. The van der Waals surface area contributed by atoms with E-state index >= 15 is 0 Å². The highest BCUT2D eigenvalue weighted by Crippen LogP contribution is 2.37. The van der Waals surface area contributed by atoms with Crippen molar-refractivity contribution in [3.63, 3.8) is 0 Å². The summed E-state index contributed by atoms with van der Waals surface area (Å²) in [5.41, 5.74) is -0.586. The molecule has 0 amide bonds. The zero-order valence-electron chi connectivity index (χ0n) is 20.8. The third kappa shape index (κ3) is 11.0. The number of hydrogen-bond donors (Lipinski definition) is 1. The van der Waals surface area contributed by atoms with Crippen LogP contribution < -0.4 is 0 Å². The van der Waals surface area contributed by atoms with Crippen LogP contribution in [0, 0.1) is 0 Å². The third-order valence-corrected chi connectivity index (χ3v) is 6.36. The van der Waals surface area contributed by atoms with Crippen LogP contribution in [0.2, 0.25) is 0 Å². The molecule has 1 saturated heterocycles. The van der Waals surface area contributed by atoms with Crippen molar-refractivity contribution in [3.8, 4) is 0 Å². The molecule has 1 aliphatic carbocycles. The van der Waals surface area contributed by atoms with Crippen molar-refractivity contribution in [2.75, 3.05) is 6.61 Å². The lowest BCUT2D eigenvalue weighted by Gasteiger charge is -2.26. The van der Waals surface area contributed by atoms with Crippen molar-refractivity contribution in [3.05, 3.63) is 24.3 Å². The Bertz CT molecular complexity index is 696. The molecule has 0 aromatic carbocycles. The maximum atomic E-state index is 12.1. The van der Waals surface area contributed by atoms with E-state index in [0.29, 0.717) is 13.0 Å². The molecule has 2 rings (SSSR count). The number of aliphatic hydroxyl groups excluding tert-OH is 1. The first-order valence-electron chi connectivity index (χ1n) is 12.9. The molecular weight excluding hydrogens is 436 g/mol. The van der Waals surface area contributed by atoms with Gasteiger partial charge < -0.3 is 19.3 Å². The van der Waals surface area contributed by atoms with E-state index < -0.39 is 29.7 Å². The van der Waals surface area contributed by atoms with Crippen LogP contribution >= 0.6 is 0 Å². The Hall–Kier alpha value is -1.99. The fraction of sp³-hybridized carbons (Fsp3) is 0.741. The molecule has 1 fully saturated rings. The molecular formula is C27H42O7. The van der Waals surface area contributed by atoms with Crippen molar-refractivity contribution in [2.45, 2.75) is 121 Å². The summed E-state index contributed by atoms with van der Waals surface area (Å²) in [6.07, 6.45) is 16.1. The predicted octanol–water partition coefficient (Wildman–Crippen LogP) is 4.75. The van der Waals surface area contributed by atoms with E-state index in [0.717, 1.165) is 32.1 Å². The second kappa shape index (κ2) is 15.1. The van der Waals surface area contributed by atoms with Gasteiger partial charge in [0.2, 0.25) is 0 Å². The predicted molar refractivity (Wildman–Crippen MR) is 129 cm³/mol. The third-order valence-electron chi connectivity index (χ3n) is 6.36. The van der Waals surface area contributed by atoms with E-state index in [-0.39, 0.29) is 24.7 Å². The molecule has 0 aromatic rings. The van der Waals surface area contributed by atoms with Crippen molar-refractivity contribution in [1.82, 2.24) is 0 Å². The van der Waals surface area contributed by atoms with E-state index in [1.165, 1.54) is 51.2 Å². The number of carbonyl (C=O) groups excluding carboxylic acids is 3. The van der Waals surface area contributed by atoms with E-state index in [1.54, 1.807) is 12.2 Å². The molecule has 1 spiro atoms. The first-order valence-corrected chi connectivity index (χ1v) is 12.9. The molecule has 34 heavy (non-hydrogen) atoms. The summed E-state index contributed by atoms with van der Waals surface area (Å²) in [5.74, 6) is -0.937. The number of hydrogen-bond acceptors (Lipinski definition) is 7. The molecule has 1 aliphatic heterocycles. The minimum atomic E-state index is -0.960. The average molecular weight is 479 g/mol. The summed E-state index contributed by atoms with van der Waals surface area (Å²) in [6.45, 7) is 3.90. The van der Waals surface area contributed by atoms with E-state index in [1.807, 2.05) is 0 Å². The zero-order valence-corrected chi connectivity index (χ0v) is 20.8. The lowest BCUT2D eigenvalue weighted by Crippen LogP contribution is -2.31. The van der Waals surface area contributed by atoms with E-state index in [9.17, 15) is 19.5 Å². The Balaban J connectivity index is 1.66. The number of ketones is 1. The summed E-state index contributed by atoms with van der Waals surface area (Å²) < 4.78 is 16.8. The van der Waals surface area contributed by atoms with Gasteiger partial charge in [0, 0.05) is 19.8 Å². The molecule has 0 aromatic heterocycles. The van der Waals surface area contributed by atoms with Crippen molar-refractivity contribution in [1.29, 1.82) is 0 Å². The van der Waals surface area contributed by atoms with Crippen molar-refractivity contribution in [2.24, 2.45) is 0 Å². The number of carbonyl (C=O) groups is 3. The topological polar surface area (TPSA) is 99.1 Å². The minimum Gasteiger partial charge on any atom is -0.466 e. The Labute approximate surface area is 203 Å². The van der Waals surface area contributed by atoms with Gasteiger partial charge in [-0.2, -0.15) is 0 Å². The van der Waals surface area contributed by atoms with Gasteiger partial charge in [-0.05, 0) is 43.6 Å². The summed E-state index contributed by atoms with van der Waals surface area (Å²) in [4.78, 5) is 35.0. The van der Waals surface area contributed by atoms with Gasteiger partial charge in [0.05, 0.1) is 25.2 Å². The van der Waals surface area contributed by atoms with Crippen LogP contribution in [0.4, 0.5) is 0 Å². The summed E-state index contributed by atoms with van der Waals surface area (Å²) in [6, 6.07) is 0. The van der Waals surface area contributed by atoms with Gasteiger partial charge >= 0.3 is 11.9 Å². The lowest BCUT2D eigenvalue weighted by atomic mass is 9.94. The standard InChI is InChI=1S/C27H42O7/c1-3-4-5-6-7-8-9-10-17-32-26(31)19-23(30)18-25(33-21(2)28)20-24-13-16-27(34-24)14-11-22(29)12-15-27/h11-12,14-15,23-25,30H,3-10,13,16-20H2,1-2H3/t23?,24-,25?/m0/s1. The average Bonchev–Trinajstić information content (AvgIpc) is 3.16. The Morgan fingerprint density at radius 2 is 1.76 bits per heavy atom. The number of aliphatic hydroxyl groups is 1. The van der Waals surface area contributed by atoms with E-state index in [4.69, 9.17) is 14.2 Å². The first-order chi connectivity index (χ1) is 16.3. The van der Waals surface area contributed by atoms with Crippen LogP contribution in [0.3, 0.4) is 0 Å². The molecule has 0 radical (unpaired) electrons. The van der Waals surface area contributed by atoms with Crippen LogP contribution in [0.1, 0.15) is 97.3 Å². The SMILES string of the molecule is CCCCCCCCCCOC(=O)CC(O)CC(C[C@@H]1CCC2(C=CC(=O)C=C2)O1)OC(C)=O. The van der Waals surface area contributed by atoms with Crippen LogP contribution in [0.5, 0.6) is 0 Å². The minimum absolute atomic E-state index is 0.0621. The van der Waals surface area contributed by atoms with Gasteiger partial charge in [-0.3, -0.25) is 14.4 Å². The largest absolute Gasteiger partial charge is 0.466 e. The van der Waals surface area contributed by atoms with E-state index in [2.05, 4.69) is 6.92 Å². The fourth-order valence-electron chi connectivity index (χ4n) is 4.56. The molecule has 7 heteroatoms. The number of ether oxygens (including phenoxy) is 3. The maximum Gasteiger partial charge on any atom is 0.308 e. The Morgan fingerprint density at radius 3 is 2.41 bits per heavy atom. The molecule has 0 bridgehead atoms. The highest BCUT2D eigenvalue weighted by atomic mass is 16.6. The van der Waals surface area contributed by atoms with Gasteiger partial charge in [-0.25, -0.2) is 0 Å². The molecule has 0 saturated carbocycles. The Morgan fingerprint density at radius 1 is 1.12 bits per heavy atom. The highest BCUT2D eigenvalue weighted by molar-refractivity contribution is 6.00. The normalized spacial score (nSPS) is 20.4. The first kappa shape index (κ1) is 28.2. The van der Waals surface area contributed by atoms with Gasteiger partial charge in [0.25, 0.3) is 0 Å². The molecule has 1 heterocycles. The smallest absolute Gasteiger partial charge is 0.308 e. The van der Waals surface area contributed by atoms with Crippen LogP contribution in [0.15, 0.2) is 24.3 Å². The van der Waals surface area contributed by atoms with Gasteiger partial charge in [-0.15, -0.1) is 0 Å². The number of allylic oxidation sites excluding steroid dienone is 2. The molecule has 1 N–H and O–H groups in total. The fourth-order valence-corrected chi connectivity index (χ4v) is 4.56. The lowest BCUT2D eigenvalue weighted by molar-refractivity contribution is -0.151. The Kier molecular flexibility index (Phi) is 12.5. The van der Waals surface area contributed by atoms with Crippen LogP contribution in [-0.2, 0) is 28.6 Å². The number of unbranched alkanes of at least 4 members (excludes halogenated alkanes) is 7. The van der Waals surface area contributed by atoms with Crippen molar-refractivity contribution < 1.29 is 33.7 Å². The van der Waals surface area contributed by atoms with Crippen LogP contribution in [0.25, 0.3) is 0 Å². The number of esters is 2. The molecule has 7 nitrogen and oxygen atoms in total. The van der Waals surface area contributed by atoms with Gasteiger partial charge in [0.15, 0.2) is 5.78 Å². The highest BCUT2D eigenvalue weighted by Gasteiger charge is 2.39. The zero-order chi connectivity index (χ0) is 24.8. The molecule has 192 valence electrons. The second-order valence-corrected chi connectivity index (χ2v) is 9.56.